The van der Waals surface area contributed by atoms with Gasteiger partial charge in [-0.15, -0.1) is 0 Å². The molecular weight excluding hydrogens is 546 g/mol. The van der Waals surface area contributed by atoms with Crippen molar-refractivity contribution in [1.82, 2.24) is 14.7 Å². The van der Waals surface area contributed by atoms with Crippen LogP contribution in [0.1, 0.15) is 71.9 Å². The van der Waals surface area contributed by atoms with E-state index in [9.17, 15) is 42.5 Å². The van der Waals surface area contributed by atoms with Crippen LogP contribution in [-0.4, -0.2) is 56.0 Å². The van der Waals surface area contributed by atoms with Gasteiger partial charge in [0.1, 0.15) is 5.82 Å². The predicted octanol–water partition coefficient (Wildman–Crippen LogP) is 3.61. The molecule has 0 saturated carbocycles. The minimum atomic E-state index is -4.48. The molecule has 1 amide bonds. The Morgan fingerprint density at radius 1 is 1.02 bits per heavy atom. The maximum atomic E-state index is 13.7. The van der Waals surface area contributed by atoms with Crippen molar-refractivity contribution in [1.29, 1.82) is 0 Å². The third-order valence-corrected chi connectivity index (χ3v) is 6.58. The van der Waals surface area contributed by atoms with Gasteiger partial charge in [-0.05, 0) is 67.1 Å². The van der Waals surface area contributed by atoms with E-state index < -0.39 is 48.1 Å². The lowest BCUT2D eigenvalue weighted by atomic mass is 9.95. The average molecular weight is 579 g/mol. The summed E-state index contributed by atoms with van der Waals surface area (Å²) in [6, 6.07) is 9.93. The second-order valence-corrected chi connectivity index (χ2v) is 10.3. The molecule has 0 saturated heterocycles. The molecule has 1 aromatic heterocycles. The highest BCUT2D eigenvalue weighted by Crippen LogP contribution is 2.31. The molecule has 0 fully saturated rings. The summed E-state index contributed by atoms with van der Waals surface area (Å²) in [6.45, 7) is 3.71. The Morgan fingerprint density at radius 2 is 1.63 bits per heavy atom. The predicted molar refractivity (Wildman–Crippen MR) is 139 cm³/mol. The molecule has 2 N–H and O–H groups in total. The third kappa shape index (κ3) is 8.37. The summed E-state index contributed by atoms with van der Waals surface area (Å²) >= 11 is 0. The molecule has 3 aromatic rings. The van der Waals surface area contributed by atoms with Crippen molar-refractivity contribution in [2.45, 2.75) is 70.4 Å². The zero-order chi connectivity index (χ0) is 30.5. The van der Waals surface area contributed by atoms with Crippen LogP contribution in [0.15, 0.2) is 48.5 Å². The number of carbonyl (C=O) groups excluding carboxylic acids is 2. The monoisotopic (exact) mass is 578 g/mol. The van der Waals surface area contributed by atoms with Crippen LogP contribution in [0.4, 0.5) is 17.6 Å². The second-order valence-electron chi connectivity index (χ2n) is 10.3. The molecule has 0 unspecified atom stereocenters. The van der Waals surface area contributed by atoms with Crippen LogP contribution in [0.3, 0.4) is 0 Å². The van der Waals surface area contributed by atoms with Gasteiger partial charge in [-0.3, -0.25) is 4.79 Å². The number of benzene rings is 2. The summed E-state index contributed by atoms with van der Waals surface area (Å²) < 4.78 is 53.9. The zero-order valence-electron chi connectivity index (χ0n) is 22.9. The minimum absolute atomic E-state index is 0.0162. The number of aliphatic hydroxyl groups excluding tert-OH is 2. The van der Waals surface area contributed by atoms with Crippen LogP contribution < -0.4 is 5.11 Å². The zero-order valence-corrected chi connectivity index (χ0v) is 22.9. The van der Waals surface area contributed by atoms with Crippen LogP contribution in [0, 0.1) is 5.82 Å². The fraction of sp³-hybridized carbons (Fsp3) is 0.414. The number of aliphatic hydroxyl groups is 2. The number of amides is 1. The maximum absolute atomic E-state index is 13.7. The third-order valence-electron chi connectivity index (χ3n) is 6.58. The van der Waals surface area contributed by atoms with Crippen LogP contribution in [0.2, 0.25) is 0 Å². The summed E-state index contributed by atoms with van der Waals surface area (Å²) in [6.07, 6.45) is -7.36. The average Bonchev–Trinajstić information content (AvgIpc) is 3.26. The highest BCUT2D eigenvalue weighted by molar-refractivity contribution is 5.94. The van der Waals surface area contributed by atoms with E-state index in [-0.39, 0.29) is 37.4 Å². The van der Waals surface area contributed by atoms with E-state index in [0.717, 1.165) is 12.1 Å². The first-order chi connectivity index (χ1) is 19.2. The fourth-order valence-electron chi connectivity index (χ4n) is 4.60. The van der Waals surface area contributed by atoms with Gasteiger partial charge in [0.2, 0.25) is 0 Å². The van der Waals surface area contributed by atoms with Crippen molar-refractivity contribution < 1.29 is 42.5 Å². The number of halogens is 4. The van der Waals surface area contributed by atoms with Crippen molar-refractivity contribution in [3.63, 3.8) is 0 Å². The van der Waals surface area contributed by atoms with Gasteiger partial charge in [0.15, 0.2) is 5.69 Å². The Hall–Kier alpha value is -3.77. The Balaban J connectivity index is 1.93. The van der Waals surface area contributed by atoms with E-state index in [1.807, 2.05) is 13.8 Å². The summed E-state index contributed by atoms with van der Waals surface area (Å²) in [5.41, 5.74) is 1.37. The SMILES string of the molecule is CC(C)c1c(C(=O)N(C)Cc2ccc(C(F)(F)F)cc2)nn(-c2ccc(F)cc2)c1CC[C@@H](O)C[C@@H](O)CC(=O)[O-]. The van der Waals surface area contributed by atoms with Crippen molar-refractivity contribution in [2.75, 3.05) is 7.05 Å². The van der Waals surface area contributed by atoms with E-state index in [4.69, 9.17) is 0 Å². The molecule has 0 bridgehead atoms. The van der Waals surface area contributed by atoms with Crippen molar-refractivity contribution in [2.24, 2.45) is 0 Å². The minimum Gasteiger partial charge on any atom is -0.550 e. The molecule has 0 aliphatic heterocycles. The summed E-state index contributed by atoms with van der Waals surface area (Å²) in [4.78, 5) is 25.7. The van der Waals surface area contributed by atoms with Crippen molar-refractivity contribution in [3.05, 3.63) is 82.4 Å². The molecule has 0 aliphatic carbocycles. The maximum Gasteiger partial charge on any atom is 0.416 e. The first kappa shape index (κ1) is 31.8. The van der Waals surface area contributed by atoms with Crippen LogP contribution in [0.5, 0.6) is 0 Å². The van der Waals surface area contributed by atoms with E-state index >= 15 is 0 Å². The molecule has 0 radical (unpaired) electrons. The Bertz CT molecular complexity index is 1340. The summed E-state index contributed by atoms with van der Waals surface area (Å²) in [5.74, 6) is -2.62. The van der Waals surface area contributed by atoms with E-state index in [0.29, 0.717) is 22.5 Å². The van der Waals surface area contributed by atoms with Gasteiger partial charge in [-0.25, -0.2) is 9.07 Å². The number of carboxylic acids is 1. The first-order valence-corrected chi connectivity index (χ1v) is 13.0. The molecule has 12 heteroatoms. The number of hydrogen-bond acceptors (Lipinski definition) is 6. The fourth-order valence-corrected chi connectivity index (χ4v) is 4.60. The highest BCUT2D eigenvalue weighted by Gasteiger charge is 2.31. The number of rotatable bonds is 12. The largest absolute Gasteiger partial charge is 0.550 e. The van der Waals surface area contributed by atoms with E-state index in [2.05, 4.69) is 5.10 Å². The van der Waals surface area contributed by atoms with Gasteiger partial charge in [0.05, 0.1) is 23.5 Å². The van der Waals surface area contributed by atoms with Gasteiger partial charge < -0.3 is 25.0 Å². The number of carboxylic acid groups (broad SMARTS) is 1. The Morgan fingerprint density at radius 3 is 2.17 bits per heavy atom. The molecule has 3 rings (SSSR count). The molecule has 2 atom stereocenters. The molecule has 222 valence electrons. The van der Waals surface area contributed by atoms with Gasteiger partial charge in [-0.2, -0.15) is 18.3 Å². The van der Waals surface area contributed by atoms with Crippen LogP contribution in [-0.2, 0) is 23.9 Å². The van der Waals surface area contributed by atoms with Gasteiger partial charge in [-0.1, -0.05) is 26.0 Å². The highest BCUT2D eigenvalue weighted by atomic mass is 19.4. The van der Waals surface area contributed by atoms with E-state index in [1.165, 1.54) is 53.0 Å². The number of hydrogen-bond donors (Lipinski definition) is 2. The lowest BCUT2D eigenvalue weighted by Gasteiger charge is -2.19. The van der Waals surface area contributed by atoms with Crippen LogP contribution in [0.25, 0.3) is 5.69 Å². The number of carbonyl (C=O) groups is 2. The van der Waals surface area contributed by atoms with E-state index in [1.54, 1.807) is 0 Å². The lowest BCUT2D eigenvalue weighted by Crippen LogP contribution is -2.29. The van der Waals surface area contributed by atoms with Crippen molar-refractivity contribution >= 4 is 11.9 Å². The second kappa shape index (κ2) is 13.3. The number of nitrogens with zero attached hydrogens (tertiary/aromatic N) is 3. The summed E-state index contributed by atoms with van der Waals surface area (Å²) in [7, 11) is 1.50. The first-order valence-electron chi connectivity index (χ1n) is 13.0. The quantitative estimate of drug-likeness (QED) is 0.317. The molecule has 0 spiro atoms. The normalized spacial score (nSPS) is 13.3. The van der Waals surface area contributed by atoms with Gasteiger partial charge in [0.25, 0.3) is 5.91 Å². The topological polar surface area (TPSA) is 119 Å². The molecule has 0 aliphatic rings. The molecule has 2 aromatic carbocycles. The van der Waals surface area contributed by atoms with Crippen LogP contribution >= 0.6 is 0 Å². The lowest BCUT2D eigenvalue weighted by molar-refractivity contribution is -0.307. The summed E-state index contributed by atoms with van der Waals surface area (Å²) in [5, 5.41) is 35.6. The molecule has 41 heavy (non-hydrogen) atoms. The smallest absolute Gasteiger partial charge is 0.416 e. The number of aromatic nitrogens is 2. The Kier molecular flexibility index (Phi) is 10.3. The molecular formula is C29H32F4N3O5-. The Labute approximate surface area is 234 Å². The number of alkyl halides is 3. The molecule has 8 nitrogen and oxygen atoms in total. The standard InChI is InChI=1S/C29H33F4N3O5/c1-17(2)26-24(13-12-22(37)14-23(38)15-25(39)40)36(21-10-8-20(30)9-11-21)34-27(26)28(41)35(3)16-18-4-6-19(7-5-18)29(31,32)33/h4-11,17,22-23,37-38H,12-16H2,1-3H3,(H,39,40)/p-1/t22-,23-/m1/s1. The van der Waals surface area contributed by atoms with Gasteiger partial charge in [0, 0.05) is 37.2 Å². The molecule has 1 heterocycles. The van der Waals surface area contributed by atoms with Gasteiger partial charge >= 0.3 is 6.18 Å². The van der Waals surface area contributed by atoms with Crippen molar-refractivity contribution in [3.8, 4) is 5.69 Å². The number of aliphatic carboxylic acids is 1.